The number of rotatable bonds is 3. The third kappa shape index (κ3) is 2.90. The molecule has 1 aromatic rings. The van der Waals surface area contributed by atoms with Crippen LogP contribution in [0.3, 0.4) is 0 Å². The Bertz CT molecular complexity index is 418. The van der Waals surface area contributed by atoms with Crippen molar-refractivity contribution in [3.8, 4) is 0 Å². The van der Waals surface area contributed by atoms with Gasteiger partial charge in [0.2, 0.25) is 0 Å². The average Bonchev–Trinajstić information content (AvgIpc) is 2.45. The van der Waals surface area contributed by atoms with Crippen LogP contribution in [0.15, 0.2) is 30.3 Å². The van der Waals surface area contributed by atoms with Crippen molar-refractivity contribution in [2.75, 3.05) is 33.2 Å². The summed E-state index contributed by atoms with van der Waals surface area (Å²) in [5.41, 5.74) is 1.04. The van der Waals surface area contributed by atoms with Gasteiger partial charge in [-0.15, -0.1) is 0 Å². The highest BCUT2D eigenvalue weighted by Gasteiger charge is 2.36. The molecule has 1 N–H and O–H groups in total. The number of aliphatic hydroxyl groups is 1. The van der Waals surface area contributed by atoms with E-state index in [1.165, 1.54) is 19.5 Å². The maximum atomic E-state index is 10.6. The SMILES string of the molecule is C[C@@H]([C@H](O)c1ccccc1)N1CC2CC(CN(C)C2)C1. The average molecular weight is 274 g/mol. The van der Waals surface area contributed by atoms with Gasteiger partial charge in [-0.2, -0.15) is 0 Å². The lowest BCUT2D eigenvalue weighted by molar-refractivity contribution is -0.0159. The lowest BCUT2D eigenvalue weighted by atomic mass is 9.83. The molecule has 2 aliphatic heterocycles. The van der Waals surface area contributed by atoms with E-state index in [9.17, 15) is 5.11 Å². The van der Waals surface area contributed by atoms with Crippen molar-refractivity contribution in [3.05, 3.63) is 35.9 Å². The number of benzene rings is 1. The topological polar surface area (TPSA) is 26.7 Å². The summed E-state index contributed by atoms with van der Waals surface area (Å²) in [5.74, 6) is 1.55. The van der Waals surface area contributed by atoms with Gasteiger partial charge in [-0.3, -0.25) is 4.90 Å². The summed E-state index contributed by atoms with van der Waals surface area (Å²) in [6.45, 7) is 6.85. The monoisotopic (exact) mass is 274 g/mol. The van der Waals surface area contributed by atoms with Crippen molar-refractivity contribution in [2.45, 2.75) is 25.5 Å². The molecule has 0 spiro atoms. The summed E-state index contributed by atoms with van der Waals surface area (Å²) in [7, 11) is 2.23. The lowest BCUT2D eigenvalue weighted by Gasteiger charge is -2.47. The zero-order valence-corrected chi connectivity index (χ0v) is 12.6. The summed E-state index contributed by atoms with van der Waals surface area (Å²) in [5, 5.41) is 10.6. The smallest absolute Gasteiger partial charge is 0.0942 e. The Kier molecular flexibility index (Phi) is 4.11. The summed E-state index contributed by atoms with van der Waals surface area (Å²) in [6.07, 6.45) is 0.988. The zero-order chi connectivity index (χ0) is 14.1. The fourth-order valence-electron chi connectivity index (χ4n) is 4.04. The Hall–Kier alpha value is -0.900. The van der Waals surface area contributed by atoms with Crippen LogP contribution in [-0.2, 0) is 0 Å². The summed E-state index contributed by atoms with van der Waals surface area (Å²) >= 11 is 0. The highest BCUT2D eigenvalue weighted by atomic mass is 16.3. The van der Waals surface area contributed by atoms with Gasteiger partial charge in [-0.25, -0.2) is 0 Å². The molecule has 2 fully saturated rings. The molecule has 0 aromatic heterocycles. The second-order valence-electron chi connectivity index (χ2n) is 6.74. The standard InChI is InChI=1S/C17H26N2O/c1-13(17(20)16-6-4-3-5-7-16)19-11-14-8-15(12-19)10-18(2)9-14/h3-7,13-15,17,20H,8-12H2,1-2H3/t13-,14?,15?,17-/m0/s1. The Morgan fingerprint density at radius 1 is 1.05 bits per heavy atom. The molecule has 2 bridgehead atoms. The van der Waals surface area contributed by atoms with Crippen molar-refractivity contribution in [2.24, 2.45) is 11.8 Å². The normalized spacial score (nSPS) is 30.9. The second kappa shape index (κ2) is 5.84. The molecule has 20 heavy (non-hydrogen) atoms. The molecule has 110 valence electrons. The third-order valence-corrected chi connectivity index (χ3v) is 4.97. The van der Waals surface area contributed by atoms with Gasteiger partial charge in [0, 0.05) is 32.2 Å². The van der Waals surface area contributed by atoms with Crippen LogP contribution in [-0.4, -0.2) is 54.2 Å². The maximum Gasteiger partial charge on any atom is 0.0942 e. The van der Waals surface area contributed by atoms with Gasteiger partial charge < -0.3 is 10.0 Å². The van der Waals surface area contributed by atoms with E-state index in [2.05, 4.69) is 23.8 Å². The van der Waals surface area contributed by atoms with E-state index < -0.39 is 0 Å². The van der Waals surface area contributed by atoms with E-state index in [0.717, 1.165) is 30.5 Å². The van der Waals surface area contributed by atoms with Crippen LogP contribution in [0.1, 0.15) is 25.0 Å². The summed E-state index contributed by atoms with van der Waals surface area (Å²) < 4.78 is 0. The highest BCUT2D eigenvalue weighted by Crippen LogP contribution is 2.31. The molecule has 2 heterocycles. The van der Waals surface area contributed by atoms with Gasteiger partial charge in [0.15, 0.2) is 0 Å². The maximum absolute atomic E-state index is 10.6. The number of fused-ring (bicyclic) bond motifs is 2. The van der Waals surface area contributed by atoms with Crippen molar-refractivity contribution in [1.29, 1.82) is 0 Å². The van der Waals surface area contributed by atoms with Crippen molar-refractivity contribution < 1.29 is 5.11 Å². The molecule has 2 saturated heterocycles. The molecule has 4 atom stereocenters. The fourth-order valence-corrected chi connectivity index (χ4v) is 4.04. The van der Waals surface area contributed by atoms with E-state index >= 15 is 0 Å². The van der Waals surface area contributed by atoms with Crippen molar-refractivity contribution >= 4 is 0 Å². The molecule has 3 heteroatoms. The summed E-state index contributed by atoms with van der Waals surface area (Å²) in [6, 6.07) is 10.3. The Labute approximate surface area is 122 Å². The molecular formula is C17H26N2O. The number of hydrogen-bond donors (Lipinski definition) is 1. The summed E-state index contributed by atoms with van der Waals surface area (Å²) in [4.78, 5) is 4.97. The van der Waals surface area contributed by atoms with Crippen LogP contribution in [0.25, 0.3) is 0 Å². The third-order valence-electron chi connectivity index (χ3n) is 4.97. The van der Waals surface area contributed by atoms with Gasteiger partial charge in [0.05, 0.1) is 6.10 Å². The number of likely N-dealkylation sites (tertiary alicyclic amines) is 2. The van der Waals surface area contributed by atoms with Crippen LogP contribution < -0.4 is 0 Å². The minimum absolute atomic E-state index is 0.200. The predicted octanol–water partition coefficient (Wildman–Crippen LogP) is 1.99. The van der Waals surface area contributed by atoms with Crippen LogP contribution in [0, 0.1) is 11.8 Å². The van der Waals surface area contributed by atoms with Gasteiger partial charge in [-0.05, 0) is 37.8 Å². The molecule has 2 unspecified atom stereocenters. The Morgan fingerprint density at radius 3 is 2.25 bits per heavy atom. The van der Waals surface area contributed by atoms with E-state index in [-0.39, 0.29) is 12.1 Å². The minimum atomic E-state index is -0.382. The van der Waals surface area contributed by atoms with Crippen molar-refractivity contribution in [1.82, 2.24) is 9.80 Å². The largest absolute Gasteiger partial charge is 0.387 e. The molecule has 0 aliphatic carbocycles. The molecule has 0 amide bonds. The van der Waals surface area contributed by atoms with Crippen LogP contribution >= 0.6 is 0 Å². The Balaban J connectivity index is 1.67. The van der Waals surface area contributed by atoms with E-state index in [1.807, 2.05) is 30.3 Å². The first kappa shape index (κ1) is 14.1. The fraction of sp³-hybridized carbons (Fsp3) is 0.647. The van der Waals surface area contributed by atoms with E-state index in [1.54, 1.807) is 0 Å². The number of nitrogens with zero attached hydrogens (tertiary/aromatic N) is 2. The first-order valence-electron chi connectivity index (χ1n) is 7.79. The van der Waals surface area contributed by atoms with Crippen LogP contribution in [0.5, 0.6) is 0 Å². The van der Waals surface area contributed by atoms with Crippen LogP contribution in [0.2, 0.25) is 0 Å². The highest BCUT2D eigenvalue weighted by molar-refractivity contribution is 5.18. The first-order chi connectivity index (χ1) is 9.63. The quantitative estimate of drug-likeness (QED) is 0.913. The van der Waals surface area contributed by atoms with E-state index in [0.29, 0.717) is 0 Å². The molecule has 3 nitrogen and oxygen atoms in total. The predicted molar refractivity (Wildman–Crippen MR) is 81.5 cm³/mol. The van der Waals surface area contributed by atoms with Gasteiger partial charge in [-0.1, -0.05) is 30.3 Å². The molecular weight excluding hydrogens is 248 g/mol. The van der Waals surface area contributed by atoms with Gasteiger partial charge in [0.25, 0.3) is 0 Å². The zero-order valence-electron chi connectivity index (χ0n) is 12.6. The van der Waals surface area contributed by atoms with E-state index in [4.69, 9.17) is 0 Å². The second-order valence-corrected chi connectivity index (χ2v) is 6.74. The lowest BCUT2D eigenvalue weighted by Crippen LogP contribution is -2.54. The Morgan fingerprint density at radius 2 is 1.65 bits per heavy atom. The van der Waals surface area contributed by atoms with Crippen LogP contribution in [0.4, 0.5) is 0 Å². The number of aliphatic hydroxyl groups excluding tert-OH is 1. The molecule has 3 rings (SSSR count). The molecule has 1 aromatic carbocycles. The van der Waals surface area contributed by atoms with Gasteiger partial charge in [0.1, 0.15) is 0 Å². The first-order valence-corrected chi connectivity index (χ1v) is 7.79. The number of piperidine rings is 2. The van der Waals surface area contributed by atoms with Crippen molar-refractivity contribution in [3.63, 3.8) is 0 Å². The minimum Gasteiger partial charge on any atom is -0.387 e. The number of hydrogen-bond acceptors (Lipinski definition) is 3. The molecule has 0 saturated carbocycles. The molecule has 0 radical (unpaired) electrons. The molecule has 2 aliphatic rings. The van der Waals surface area contributed by atoms with Gasteiger partial charge >= 0.3 is 0 Å².